The van der Waals surface area contributed by atoms with Crippen molar-refractivity contribution in [3.8, 4) is 0 Å². The van der Waals surface area contributed by atoms with Crippen molar-refractivity contribution < 1.29 is 18.9 Å². The average Bonchev–Trinajstić information content (AvgIpc) is 2.14. The molecule has 0 spiro atoms. The van der Waals surface area contributed by atoms with Gasteiger partial charge in [-0.3, -0.25) is 4.52 Å². The largest absolute Gasteiger partial charge is 0.469 e. The van der Waals surface area contributed by atoms with Gasteiger partial charge in [-0.15, -0.1) is 0 Å². The molecule has 0 radical (unpaired) electrons. The summed E-state index contributed by atoms with van der Waals surface area (Å²) in [4.78, 5) is 16.8. The Morgan fingerprint density at radius 3 is 1.87 bits per heavy atom. The Kier molecular flexibility index (Phi) is 9.97. The van der Waals surface area contributed by atoms with Crippen LogP contribution in [0.5, 0.6) is 0 Å². The van der Waals surface area contributed by atoms with Crippen molar-refractivity contribution in [2.45, 2.75) is 44.9 Å². The third kappa shape index (κ3) is 14.5. The number of unbranched alkanes of at least 4 members (excludes halogenated alkanes) is 6. The maximum absolute atomic E-state index is 10.3. The van der Waals surface area contributed by atoms with Gasteiger partial charge in [-0.25, -0.2) is 4.57 Å². The summed E-state index contributed by atoms with van der Waals surface area (Å²) in [6, 6.07) is 0. The molecule has 92 valence electrons. The lowest BCUT2D eigenvalue weighted by molar-refractivity contribution is 0.193. The van der Waals surface area contributed by atoms with Crippen molar-refractivity contribution in [3.05, 3.63) is 0 Å². The fourth-order valence-corrected chi connectivity index (χ4v) is 1.87. The number of phosphoric acid groups is 1. The molecule has 4 nitrogen and oxygen atoms in total. The van der Waals surface area contributed by atoms with Crippen molar-refractivity contribution in [1.29, 1.82) is 0 Å². The first-order valence-corrected chi connectivity index (χ1v) is 7.53. The first-order valence-electron chi connectivity index (χ1n) is 5.37. The Morgan fingerprint density at radius 2 is 1.40 bits per heavy atom. The lowest BCUT2D eigenvalue weighted by atomic mass is 10.1. The summed E-state index contributed by atoms with van der Waals surface area (Å²) in [7, 11) is -4.24. The van der Waals surface area contributed by atoms with Crippen molar-refractivity contribution in [1.82, 2.24) is 0 Å². The number of thiol groups is 1. The molecular weight excluding hydrogens is 235 g/mol. The van der Waals surface area contributed by atoms with Gasteiger partial charge < -0.3 is 9.79 Å². The standard InChI is InChI=1S/C9H21O4PS/c10-14(11,12)13-8-6-4-2-1-3-5-7-9-15/h15H,1-9H2,(H2,10,11,12). The van der Waals surface area contributed by atoms with Crippen LogP contribution in [-0.4, -0.2) is 22.1 Å². The summed E-state index contributed by atoms with van der Waals surface area (Å²) in [5.74, 6) is 0.954. The van der Waals surface area contributed by atoms with Crippen LogP contribution in [0.15, 0.2) is 0 Å². The fraction of sp³-hybridized carbons (Fsp3) is 1.00. The molecule has 6 heteroatoms. The van der Waals surface area contributed by atoms with Gasteiger partial charge in [0.1, 0.15) is 0 Å². The minimum atomic E-state index is -4.24. The van der Waals surface area contributed by atoms with E-state index in [9.17, 15) is 4.57 Å². The average molecular weight is 256 g/mol. The van der Waals surface area contributed by atoms with Gasteiger partial charge in [-0.1, -0.05) is 32.1 Å². The van der Waals surface area contributed by atoms with Gasteiger partial charge in [-0.2, -0.15) is 12.6 Å². The minimum Gasteiger partial charge on any atom is -0.303 e. The van der Waals surface area contributed by atoms with Gasteiger partial charge in [0.25, 0.3) is 0 Å². The molecule has 15 heavy (non-hydrogen) atoms. The van der Waals surface area contributed by atoms with Crippen LogP contribution < -0.4 is 0 Å². The molecule has 2 N–H and O–H groups in total. The molecule has 0 saturated carbocycles. The van der Waals surface area contributed by atoms with E-state index in [0.29, 0.717) is 0 Å². The van der Waals surface area contributed by atoms with Gasteiger partial charge in [-0.05, 0) is 18.6 Å². The number of hydrogen-bond acceptors (Lipinski definition) is 3. The molecule has 0 rings (SSSR count). The van der Waals surface area contributed by atoms with Crippen LogP contribution >= 0.6 is 20.5 Å². The fourth-order valence-electron chi connectivity index (χ4n) is 1.28. The van der Waals surface area contributed by atoms with Crippen LogP contribution in [0.25, 0.3) is 0 Å². The summed E-state index contributed by atoms with van der Waals surface area (Å²) in [5.41, 5.74) is 0. The molecule has 0 aliphatic rings. The number of hydrogen-bond donors (Lipinski definition) is 3. The van der Waals surface area contributed by atoms with Crippen LogP contribution in [0, 0.1) is 0 Å². The molecule has 0 heterocycles. The van der Waals surface area contributed by atoms with E-state index in [0.717, 1.165) is 25.0 Å². The van der Waals surface area contributed by atoms with E-state index in [1.54, 1.807) is 0 Å². The number of phosphoric ester groups is 1. The molecule has 0 bridgehead atoms. The van der Waals surface area contributed by atoms with Crippen LogP contribution in [0.3, 0.4) is 0 Å². The highest BCUT2D eigenvalue weighted by Crippen LogP contribution is 2.35. The van der Waals surface area contributed by atoms with Gasteiger partial charge in [0.15, 0.2) is 0 Å². The zero-order valence-corrected chi connectivity index (χ0v) is 10.8. The maximum atomic E-state index is 10.3. The van der Waals surface area contributed by atoms with Crippen LogP contribution in [0.2, 0.25) is 0 Å². The van der Waals surface area contributed by atoms with Gasteiger partial charge in [0.2, 0.25) is 0 Å². The minimum absolute atomic E-state index is 0.154. The molecule has 0 fully saturated rings. The Hall–Kier alpha value is 0.460. The first kappa shape index (κ1) is 15.5. The van der Waals surface area contributed by atoms with E-state index in [1.165, 1.54) is 25.7 Å². The van der Waals surface area contributed by atoms with E-state index in [-0.39, 0.29) is 6.61 Å². The quantitative estimate of drug-likeness (QED) is 0.319. The zero-order valence-electron chi connectivity index (χ0n) is 8.97. The second-order valence-electron chi connectivity index (χ2n) is 3.52. The smallest absolute Gasteiger partial charge is 0.303 e. The Balaban J connectivity index is 3.02. The van der Waals surface area contributed by atoms with Crippen molar-refractivity contribution in [2.24, 2.45) is 0 Å². The second kappa shape index (κ2) is 9.67. The highest BCUT2D eigenvalue weighted by atomic mass is 32.1. The van der Waals surface area contributed by atoms with Crippen LogP contribution in [-0.2, 0) is 9.09 Å². The van der Waals surface area contributed by atoms with E-state index in [1.807, 2.05) is 0 Å². The first-order chi connectivity index (χ1) is 7.06. The third-order valence-corrected chi connectivity index (χ3v) is 2.90. The Labute approximate surface area is 97.1 Å². The second-order valence-corrected chi connectivity index (χ2v) is 5.21. The Morgan fingerprint density at radius 1 is 0.933 bits per heavy atom. The molecule has 0 unspecified atom stereocenters. The Bertz CT molecular complexity index is 183. The molecule has 0 aromatic heterocycles. The molecule has 0 saturated heterocycles. The molecule has 0 aromatic rings. The van der Waals surface area contributed by atoms with Crippen molar-refractivity contribution in [2.75, 3.05) is 12.4 Å². The summed E-state index contributed by atoms with van der Waals surface area (Å²) >= 11 is 4.13. The summed E-state index contributed by atoms with van der Waals surface area (Å²) < 4.78 is 14.6. The number of rotatable bonds is 10. The van der Waals surface area contributed by atoms with Gasteiger partial charge >= 0.3 is 7.82 Å². The zero-order chi connectivity index (χ0) is 11.6. The SMILES string of the molecule is O=P(O)(O)OCCCCCCCCCS. The molecular formula is C9H21O4PS. The van der Waals surface area contributed by atoms with Crippen molar-refractivity contribution in [3.63, 3.8) is 0 Å². The van der Waals surface area contributed by atoms with E-state index in [2.05, 4.69) is 17.2 Å². The maximum Gasteiger partial charge on any atom is 0.469 e. The van der Waals surface area contributed by atoms with E-state index >= 15 is 0 Å². The summed E-state index contributed by atoms with van der Waals surface area (Å²) in [5, 5.41) is 0. The molecule has 0 atom stereocenters. The molecule has 0 aromatic carbocycles. The van der Waals surface area contributed by atoms with Gasteiger partial charge in [0, 0.05) is 0 Å². The lowest BCUT2D eigenvalue weighted by Gasteiger charge is -2.04. The van der Waals surface area contributed by atoms with Crippen LogP contribution in [0.4, 0.5) is 0 Å². The van der Waals surface area contributed by atoms with E-state index < -0.39 is 7.82 Å². The molecule has 0 amide bonds. The highest BCUT2D eigenvalue weighted by Gasteiger charge is 2.12. The van der Waals surface area contributed by atoms with Crippen LogP contribution in [0.1, 0.15) is 44.9 Å². The summed E-state index contributed by atoms with van der Waals surface area (Å²) in [6.45, 7) is 0.154. The predicted molar refractivity (Wildman–Crippen MR) is 64.2 cm³/mol. The topological polar surface area (TPSA) is 66.8 Å². The highest BCUT2D eigenvalue weighted by molar-refractivity contribution is 7.80. The molecule has 0 aliphatic carbocycles. The third-order valence-electron chi connectivity index (χ3n) is 2.06. The van der Waals surface area contributed by atoms with E-state index in [4.69, 9.17) is 9.79 Å². The van der Waals surface area contributed by atoms with Crippen molar-refractivity contribution >= 4 is 20.5 Å². The normalized spacial score (nSPS) is 11.9. The lowest BCUT2D eigenvalue weighted by Crippen LogP contribution is -1.92. The molecule has 0 aliphatic heterocycles. The summed E-state index contributed by atoms with van der Waals surface area (Å²) in [6.07, 6.45) is 7.60. The monoisotopic (exact) mass is 256 g/mol. The van der Waals surface area contributed by atoms with Gasteiger partial charge in [0.05, 0.1) is 6.61 Å². The predicted octanol–water partition coefficient (Wildman–Crippen LogP) is 2.76.